The smallest absolute Gasteiger partial charge is 0.234 e. The van der Waals surface area contributed by atoms with E-state index >= 15 is 0 Å². The highest BCUT2D eigenvalue weighted by atomic mass is 16.2. The van der Waals surface area contributed by atoms with Crippen LogP contribution < -0.4 is 0 Å². The van der Waals surface area contributed by atoms with E-state index in [-0.39, 0.29) is 35.5 Å². The monoisotopic (exact) mass is 267 g/mol. The van der Waals surface area contributed by atoms with E-state index in [1.54, 1.807) is 0 Å². The molecule has 3 heteroatoms. The summed E-state index contributed by atoms with van der Waals surface area (Å²) in [5.74, 6) is 0.472. The Bertz CT molecular complexity index is 560. The molecule has 1 saturated carbocycles. The Morgan fingerprint density at radius 2 is 1.45 bits per heavy atom. The molecule has 5 rings (SSSR count). The minimum atomic E-state index is -0.0880. The van der Waals surface area contributed by atoms with Crippen LogP contribution in [0, 0.1) is 23.7 Å². The first kappa shape index (κ1) is 11.9. The number of nitrogens with zero attached hydrogens (tertiary/aromatic N) is 1. The van der Waals surface area contributed by atoms with Gasteiger partial charge in [0.05, 0.1) is 18.4 Å². The second kappa shape index (κ2) is 4.30. The number of imide groups is 1. The lowest BCUT2D eigenvalue weighted by molar-refractivity contribution is -0.140. The summed E-state index contributed by atoms with van der Waals surface area (Å²) in [5.41, 5.74) is 1.02. The van der Waals surface area contributed by atoms with Gasteiger partial charge in [-0.15, -0.1) is 0 Å². The first-order chi connectivity index (χ1) is 9.75. The lowest BCUT2D eigenvalue weighted by Gasteiger charge is -2.38. The van der Waals surface area contributed by atoms with Gasteiger partial charge in [-0.1, -0.05) is 42.5 Å². The van der Waals surface area contributed by atoms with Crippen LogP contribution in [0.5, 0.6) is 0 Å². The summed E-state index contributed by atoms with van der Waals surface area (Å²) in [6, 6.07) is 9.77. The van der Waals surface area contributed by atoms with Crippen molar-refractivity contribution >= 4 is 11.8 Å². The number of allylic oxidation sites excluding steroid dienone is 2. The Balaban J connectivity index is 1.64. The van der Waals surface area contributed by atoms with E-state index in [4.69, 9.17) is 0 Å². The van der Waals surface area contributed by atoms with Crippen LogP contribution in [-0.4, -0.2) is 16.7 Å². The summed E-state index contributed by atoms with van der Waals surface area (Å²) >= 11 is 0. The Morgan fingerprint density at radius 1 is 0.900 bits per heavy atom. The highest BCUT2D eigenvalue weighted by molar-refractivity contribution is 6.05. The molecule has 20 heavy (non-hydrogen) atoms. The number of benzene rings is 1. The Kier molecular flexibility index (Phi) is 2.56. The summed E-state index contributed by atoms with van der Waals surface area (Å²) in [4.78, 5) is 26.7. The van der Waals surface area contributed by atoms with Crippen molar-refractivity contribution < 1.29 is 9.59 Å². The molecule has 2 fully saturated rings. The summed E-state index contributed by atoms with van der Waals surface area (Å²) in [6.07, 6.45) is 6.43. The van der Waals surface area contributed by atoms with Gasteiger partial charge >= 0.3 is 0 Å². The van der Waals surface area contributed by atoms with Gasteiger partial charge in [-0.05, 0) is 30.2 Å². The molecule has 1 aliphatic heterocycles. The second-order valence-electron chi connectivity index (χ2n) is 6.09. The third-order valence-electron chi connectivity index (χ3n) is 5.03. The minimum absolute atomic E-state index is 0.0444. The lowest BCUT2D eigenvalue weighted by atomic mass is 9.63. The second-order valence-corrected chi connectivity index (χ2v) is 6.09. The van der Waals surface area contributed by atoms with Crippen molar-refractivity contribution in [3.8, 4) is 0 Å². The Labute approximate surface area is 118 Å². The van der Waals surface area contributed by atoms with Crippen molar-refractivity contribution in [3.05, 3.63) is 48.0 Å². The Morgan fingerprint density at radius 3 is 1.95 bits per heavy atom. The van der Waals surface area contributed by atoms with Crippen molar-refractivity contribution in [1.82, 2.24) is 4.90 Å². The topological polar surface area (TPSA) is 37.4 Å². The molecule has 1 aromatic rings. The predicted molar refractivity (Wildman–Crippen MR) is 74.3 cm³/mol. The number of carbonyl (C=O) groups excluding carboxylic acids is 2. The molecule has 0 unspecified atom stereocenters. The van der Waals surface area contributed by atoms with Crippen LogP contribution in [0.2, 0.25) is 0 Å². The number of hydrogen-bond donors (Lipinski definition) is 0. The van der Waals surface area contributed by atoms with Crippen molar-refractivity contribution in [1.29, 1.82) is 0 Å². The maximum atomic E-state index is 12.6. The molecular formula is C17H17NO2. The molecule has 102 valence electrons. The molecule has 4 aliphatic rings. The summed E-state index contributed by atoms with van der Waals surface area (Å²) in [5, 5.41) is 0. The molecule has 4 atom stereocenters. The first-order valence-corrected chi connectivity index (χ1v) is 7.33. The van der Waals surface area contributed by atoms with E-state index in [0.717, 1.165) is 18.4 Å². The molecule has 3 aliphatic carbocycles. The van der Waals surface area contributed by atoms with Crippen LogP contribution in [0.4, 0.5) is 0 Å². The molecule has 1 saturated heterocycles. The van der Waals surface area contributed by atoms with Crippen LogP contribution in [0.15, 0.2) is 42.5 Å². The molecular weight excluding hydrogens is 250 g/mol. The maximum Gasteiger partial charge on any atom is 0.234 e. The largest absolute Gasteiger partial charge is 0.278 e. The molecule has 1 aromatic carbocycles. The van der Waals surface area contributed by atoms with Crippen molar-refractivity contribution in [2.45, 2.75) is 19.4 Å². The van der Waals surface area contributed by atoms with Gasteiger partial charge in [0.2, 0.25) is 11.8 Å². The standard InChI is InChI=1S/C17H17NO2/c19-16-14-12-6-7-13(9-8-12)15(14)17(20)18(16)10-11-4-2-1-3-5-11/h1-7,12-15H,8-10H2/t12-,13+,14-,15-/m0/s1. The first-order valence-electron chi connectivity index (χ1n) is 7.33. The van der Waals surface area contributed by atoms with Crippen LogP contribution in [0.25, 0.3) is 0 Å². The van der Waals surface area contributed by atoms with Gasteiger partial charge in [-0.2, -0.15) is 0 Å². The molecule has 2 amide bonds. The fraction of sp³-hybridized carbons (Fsp3) is 0.412. The molecule has 0 N–H and O–H groups in total. The maximum absolute atomic E-state index is 12.6. The van der Waals surface area contributed by atoms with E-state index < -0.39 is 0 Å². The van der Waals surface area contributed by atoms with Gasteiger partial charge in [0.1, 0.15) is 0 Å². The van der Waals surface area contributed by atoms with Crippen LogP contribution in [0.3, 0.4) is 0 Å². The quantitative estimate of drug-likeness (QED) is 0.609. The van der Waals surface area contributed by atoms with E-state index in [2.05, 4.69) is 12.2 Å². The van der Waals surface area contributed by atoms with Gasteiger partial charge in [-0.3, -0.25) is 14.5 Å². The number of hydrogen-bond acceptors (Lipinski definition) is 2. The lowest BCUT2D eigenvalue weighted by Crippen LogP contribution is -2.38. The predicted octanol–water partition coefficient (Wildman–Crippen LogP) is 2.38. The van der Waals surface area contributed by atoms with Crippen molar-refractivity contribution in [3.63, 3.8) is 0 Å². The normalized spacial score (nSPS) is 34.7. The highest BCUT2D eigenvalue weighted by Crippen LogP contribution is 2.49. The Hall–Kier alpha value is -1.90. The van der Waals surface area contributed by atoms with Crippen LogP contribution >= 0.6 is 0 Å². The van der Waals surface area contributed by atoms with Crippen LogP contribution in [-0.2, 0) is 16.1 Å². The van der Waals surface area contributed by atoms with Crippen molar-refractivity contribution in [2.75, 3.05) is 0 Å². The summed E-state index contributed by atoms with van der Waals surface area (Å²) < 4.78 is 0. The fourth-order valence-electron chi connectivity index (χ4n) is 4.06. The third-order valence-corrected chi connectivity index (χ3v) is 5.03. The zero-order valence-electron chi connectivity index (χ0n) is 11.2. The van der Waals surface area contributed by atoms with E-state index in [1.807, 2.05) is 30.3 Å². The van der Waals surface area contributed by atoms with Crippen molar-refractivity contribution in [2.24, 2.45) is 23.7 Å². The average Bonchev–Trinajstić information content (AvgIpc) is 2.77. The average molecular weight is 267 g/mol. The number of rotatable bonds is 2. The number of carbonyl (C=O) groups is 2. The molecule has 0 aromatic heterocycles. The molecule has 1 heterocycles. The third kappa shape index (κ3) is 1.59. The van der Waals surface area contributed by atoms with Gasteiger partial charge in [0, 0.05) is 0 Å². The highest BCUT2D eigenvalue weighted by Gasteiger charge is 2.56. The van der Waals surface area contributed by atoms with E-state index in [9.17, 15) is 9.59 Å². The van der Waals surface area contributed by atoms with Gasteiger partial charge in [0.25, 0.3) is 0 Å². The SMILES string of the molecule is O=C1[C@@H]2[C@@H](C(=O)N1Cc1ccccc1)[C@H]1C=C[C@@H]2CC1. The number of amides is 2. The molecule has 2 bridgehead atoms. The molecule has 0 radical (unpaired) electrons. The number of fused-ring (bicyclic) bond motifs is 1. The molecule has 0 spiro atoms. The van der Waals surface area contributed by atoms with Gasteiger partial charge in [0.15, 0.2) is 0 Å². The van der Waals surface area contributed by atoms with Gasteiger partial charge < -0.3 is 0 Å². The summed E-state index contributed by atoms with van der Waals surface area (Å²) in [7, 11) is 0. The van der Waals surface area contributed by atoms with E-state index in [0.29, 0.717) is 6.54 Å². The zero-order chi connectivity index (χ0) is 13.7. The van der Waals surface area contributed by atoms with Gasteiger partial charge in [-0.25, -0.2) is 0 Å². The number of likely N-dealkylation sites (tertiary alicyclic amines) is 1. The molecule has 3 nitrogen and oxygen atoms in total. The summed E-state index contributed by atoms with van der Waals surface area (Å²) in [6.45, 7) is 0.422. The minimum Gasteiger partial charge on any atom is -0.278 e. The fourth-order valence-corrected chi connectivity index (χ4v) is 4.06. The zero-order valence-corrected chi connectivity index (χ0v) is 11.2. The van der Waals surface area contributed by atoms with E-state index in [1.165, 1.54) is 4.90 Å². The van der Waals surface area contributed by atoms with Crippen LogP contribution in [0.1, 0.15) is 18.4 Å².